The molecule has 3 nitrogen and oxygen atoms in total. The monoisotopic (exact) mass is 300 g/mol. The predicted octanol–water partition coefficient (Wildman–Crippen LogP) is 4.51. The smallest absolute Gasteiger partial charge is 0.141 e. The molecule has 0 unspecified atom stereocenters. The van der Waals surface area contributed by atoms with Gasteiger partial charge in [-0.25, -0.2) is 4.98 Å². The van der Waals surface area contributed by atoms with E-state index in [2.05, 4.69) is 11.1 Å². The van der Waals surface area contributed by atoms with Crippen LogP contribution in [0.25, 0.3) is 11.3 Å². The Morgan fingerprint density at radius 1 is 1.00 bits per heavy atom. The quantitative estimate of drug-likeness (QED) is 0.712. The summed E-state index contributed by atoms with van der Waals surface area (Å²) in [6.45, 7) is 2.52. The van der Waals surface area contributed by atoms with Crippen LogP contribution in [0, 0.1) is 18.3 Å². The highest BCUT2D eigenvalue weighted by atomic mass is 16.5. The van der Waals surface area contributed by atoms with E-state index < -0.39 is 0 Å². The molecule has 1 aromatic heterocycles. The van der Waals surface area contributed by atoms with E-state index in [0.717, 1.165) is 28.1 Å². The fourth-order valence-corrected chi connectivity index (χ4v) is 2.35. The van der Waals surface area contributed by atoms with Gasteiger partial charge in [-0.05, 0) is 36.8 Å². The molecule has 3 heteroatoms. The fourth-order valence-electron chi connectivity index (χ4n) is 2.35. The molecule has 3 rings (SSSR count). The molecule has 0 aliphatic carbocycles. The van der Waals surface area contributed by atoms with Crippen LogP contribution in [0.1, 0.15) is 16.8 Å². The van der Waals surface area contributed by atoms with Crippen LogP contribution in [-0.4, -0.2) is 4.98 Å². The minimum absolute atomic E-state index is 0.401. The van der Waals surface area contributed by atoms with Crippen molar-refractivity contribution in [2.45, 2.75) is 13.5 Å². The predicted molar refractivity (Wildman–Crippen MR) is 89.9 cm³/mol. The Kier molecular flexibility index (Phi) is 4.35. The second-order valence-corrected chi connectivity index (χ2v) is 5.29. The summed E-state index contributed by atoms with van der Waals surface area (Å²) in [7, 11) is 0. The third-order valence-corrected chi connectivity index (χ3v) is 3.51. The van der Waals surface area contributed by atoms with Crippen molar-refractivity contribution in [3.8, 4) is 23.1 Å². The van der Waals surface area contributed by atoms with Gasteiger partial charge in [0.15, 0.2) is 0 Å². The van der Waals surface area contributed by atoms with Gasteiger partial charge in [0.2, 0.25) is 0 Å². The summed E-state index contributed by atoms with van der Waals surface area (Å²) < 4.78 is 5.98. The van der Waals surface area contributed by atoms with Gasteiger partial charge < -0.3 is 4.74 Å². The van der Waals surface area contributed by atoms with Crippen LogP contribution < -0.4 is 4.74 Å². The van der Waals surface area contributed by atoms with E-state index in [0.29, 0.717) is 12.3 Å². The lowest BCUT2D eigenvalue weighted by atomic mass is 10.1. The lowest BCUT2D eigenvalue weighted by Gasteiger charge is -2.12. The van der Waals surface area contributed by atoms with E-state index in [1.807, 2.05) is 67.6 Å². The van der Waals surface area contributed by atoms with Gasteiger partial charge in [-0.1, -0.05) is 48.0 Å². The molecule has 23 heavy (non-hydrogen) atoms. The molecular formula is C20H16N2O. The fraction of sp³-hybridized carbons (Fsp3) is 0.100. The Labute approximate surface area is 135 Å². The van der Waals surface area contributed by atoms with E-state index in [9.17, 15) is 0 Å². The number of pyridine rings is 1. The van der Waals surface area contributed by atoms with Crippen LogP contribution in [-0.2, 0) is 6.61 Å². The van der Waals surface area contributed by atoms with Crippen molar-refractivity contribution in [1.82, 2.24) is 4.98 Å². The molecule has 0 aliphatic rings. The number of ether oxygens (including phenoxy) is 1. The summed E-state index contributed by atoms with van der Waals surface area (Å²) in [6, 6.07) is 23.5. The number of benzene rings is 2. The molecule has 0 radical (unpaired) electrons. The zero-order valence-electron chi connectivity index (χ0n) is 12.9. The molecule has 0 N–H and O–H groups in total. The molecule has 0 fully saturated rings. The van der Waals surface area contributed by atoms with E-state index in [1.54, 1.807) is 6.07 Å². The van der Waals surface area contributed by atoms with E-state index in [1.165, 1.54) is 0 Å². The topological polar surface area (TPSA) is 45.9 Å². The third-order valence-electron chi connectivity index (χ3n) is 3.51. The van der Waals surface area contributed by atoms with E-state index >= 15 is 0 Å². The van der Waals surface area contributed by atoms with Crippen molar-refractivity contribution < 1.29 is 4.74 Å². The lowest BCUT2D eigenvalue weighted by Crippen LogP contribution is -1.98. The van der Waals surface area contributed by atoms with Gasteiger partial charge in [-0.2, -0.15) is 5.26 Å². The van der Waals surface area contributed by atoms with Crippen LogP contribution in [0.2, 0.25) is 0 Å². The highest BCUT2D eigenvalue weighted by Crippen LogP contribution is 2.30. The first kappa shape index (κ1) is 14.8. The number of hydrogen-bond donors (Lipinski definition) is 0. The second kappa shape index (κ2) is 6.76. The first-order valence-corrected chi connectivity index (χ1v) is 7.41. The van der Waals surface area contributed by atoms with Gasteiger partial charge in [0, 0.05) is 5.56 Å². The summed E-state index contributed by atoms with van der Waals surface area (Å²) in [5.41, 5.74) is 4.28. The average Bonchev–Trinajstić information content (AvgIpc) is 2.61. The highest BCUT2D eigenvalue weighted by molar-refractivity contribution is 5.68. The highest BCUT2D eigenvalue weighted by Gasteiger charge is 2.09. The zero-order chi connectivity index (χ0) is 16.1. The summed E-state index contributed by atoms with van der Waals surface area (Å²) in [4.78, 5) is 4.38. The van der Waals surface area contributed by atoms with Crippen LogP contribution >= 0.6 is 0 Å². The largest absolute Gasteiger partial charge is 0.488 e. The number of aromatic nitrogens is 1. The van der Waals surface area contributed by atoms with Gasteiger partial charge in [-0.15, -0.1) is 0 Å². The number of rotatable bonds is 4. The number of nitriles is 1. The molecular weight excluding hydrogens is 284 g/mol. The Balaban J connectivity index is 1.93. The van der Waals surface area contributed by atoms with Crippen LogP contribution in [0.5, 0.6) is 5.75 Å². The van der Waals surface area contributed by atoms with Crippen LogP contribution in [0.15, 0.2) is 66.7 Å². The molecule has 0 saturated carbocycles. The number of hydrogen-bond acceptors (Lipinski definition) is 3. The number of nitrogens with zero attached hydrogens (tertiary/aromatic N) is 2. The second-order valence-electron chi connectivity index (χ2n) is 5.29. The standard InChI is InChI=1S/C20H16N2O/c1-15-10-11-20(23-14-16-6-3-2-4-7-16)18(12-15)19-9-5-8-17(13-21)22-19/h2-12H,14H2,1H3. The molecule has 0 aliphatic heterocycles. The molecule has 0 amide bonds. The summed E-state index contributed by atoms with van der Waals surface area (Å²) in [6.07, 6.45) is 0. The van der Waals surface area contributed by atoms with Crippen molar-refractivity contribution in [1.29, 1.82) is 5.26 Å². The van der Waals surface area contributed by atoms with E-state index in [4.69, 9.17) is 10.00 Å². The molecule has 0 bridgehead atoms. The van der Waals surface area contributed by atoms with Gasteiger partial charge >= 0.3 is 0 Å². The van der Waals surface area contributed by atoms with Crippen molar-refractivity contribution in [2.75, 3.05) is 0 Å². The first-order valence-electron chi connectivity index (χ1n) is 7.41. The normalized spacial score (nSPS) is 10.1. The molecule has 0 spiro atoms. The molecule has 112 valence electrons. The van der Waals surface area contributed by atoms with Crippen molar-refractivity contribution >= 4 is 0 Å². The number of aryl methyl sites for hydroxylation is 1. The summed E-state index contributed by atoms with van der Waals surface area (Å²) in [5.74, 6) is 0.766. The summed E-state index contributed by atoms with van der Waals surface area (Å²) in [5, 5.41) is 9.04. The maximum atomic E-state index is 9.04. The Bertz CT molecular complexity index is 851. The molecule has 0 saturated heterocycles. The van der Waals surface area contributed by atoms with Crippen LogP contribution in [0.3, 0.4) is 0 Å². The maximum Gasteiger partial charge on any atom is 0.141 e. The maximum absolute atomic E-state index is 9.04. The average molecular weight is 300 g/mol. The first-order chi connectivity index (χ1) is 11.3. The van der Waals surface area contributed by atoms with Crippen LogP contribution in [0.4, 0.5) is 0 Å². The molecule has 1 heterocycles. The minimum atomic E-state index is 0.401. The molecule has 2 aromatic carbocycles. The SMILES string of the molecule is Cc1ccc(OCc2ccccc2)c(-c2cccc(C#N)n2)c1. The van der Waals surface area contributed by atoms with Gasteiger partial charge in [0.1, 0.15) is 24.1 Å². The van der Waals surface area contributed by atoms with Crippen molar-refractivity contribution in [3.05, 3.63) is 83.6 Å². The Morgan fingerprint density at radius 2 is 1.83 bits per heavy atom. The van der Waals surface area contributed by atoms with Crippen molar-refractivity contribution in [3.63, 3.8) is 0 Å². The Morgan fingerprint density at radius 3 is 2.61 bits per heavy atom. The third kappa shape index (κ3) is 3.56. The Hall–Kier alpha value is -3.12. The van der Waals surface area contributed by atoms with Gasteiger partial charge in [-0.3, -0.25) is 0 Å². The minimum Gasteiger partial charge on any atom is -0.488 e. The van der Waals surface area contributed by atoms with Gasteiger partial charge in [0.25, 0.3) is 0 Å². The van der Waals surface area contributed by atoms with E-state index in [-0.39, 0.29) is 0 Å². The van der Waals surface area contributed by atoms with Gasteiger partial charge in [0.05, 0.1) is 5.69 Å². The summed E-state index contributed by atoms with van der Waals surface area (Å²) >= 11 is 0. The molecule has 3 aromatic rings. The molecule has 0 atom stereocenters. The lowest BCUT2D eigenvalue weighted by molar-refractivity contribution is 0.307. The zero-order valence-corrected chi connectivity index (χ0v) is 12.9. The van der Waals surface area contributed by atoms with Crippen molar-refractivity contribution in [2.24, 2.45) is 0 Å².